The van der Waals surface area contributed by atoms with Gasteiger partial charge in [0.2, 0.25) is 14.2 Å². The molecule has 13 heavy (non-hydrogen) atoms. The van der Waals surface area contributed by atoms with Crippen molar-refractivity contribution in [3.05, 3.63) is 12.3 Å². The van der Waals surface area contributed by atoms with E-state index in [-0.39, 0.29) is 12.3 Å². The normalized spacial score (nSPS) is 10.8. The Labute approximate surface area is 81.5 Å². The van der Waals surface area contributed by atoms with E-state index >= 15 is 0 Å². The smallest absolute Gasteiger partial charge is 0.241 e. The minimum atomic E-state index is -1.59. The molecule has 0 radical (unpaired) electrons. The fourth-order valence-corrected chi connectivity index (χ4v) is 1.73. The van der Waals surface area contributed by atoms with Gasteiger partial charge in [0.05, 0.1) is 12.2 Å². The minimum absolute atomic E-state index is 0.0308. The summed E-state index contributed by atoms with van der Waals surface area (Å²) in [6.07, 6.45) is 0.289. The molecule has 0 N–H and O–H groups in total. The molecule has 0 bridgehead atoms. The Balaban J connectivity index is 3.96. The van der Waals surface area contributed by atoms with Crippen molar-refractivity contribution in [2.45, 2.75) is 26.1 Å². The van der Waals surface area contributed by atoms with E-state index in [1.807, 2.05) is 0 Å². The van der Waals surface area contributed by atoms with Gasteiger partial charge in [0.1, 0.15) is 0 Å². The Morgan fingerprint density at radius 3 is 2.15 bits per heavy atom. The highest BCUT2D eigenvalue weighted by molar-refractivity contribution is 6.70. The van der Waals surface area contributed by atoms with E-state index in [0.717, 1.165) is 0 Å². The lowest BCUT2D eigenvalue weighted by Gasteiger charge is -2.21. The molecule has 0 aliphatic rings. The first-order valence-corrected chi connectivity index (χ1v) is 7.70. The van der Waals surface area contributed by atoms with Gasteiger partial charge in [-0.15, -0.1) is 0 Å². The summed E-state index contributed by atoms with van der Waals surface area (Å²) in [5.74, 6) is 0.612. The molecule has 0 saturated heterocycles. The van der Waals surface area contributed by atoms with Gasteiger partial charge in [0.25, 0.3) is 0 Å². The second-order valence-corrected chi connectivity index (χ2v) is 8.65. The van der Waals surface area contributed by atoms with Gasteiger partial charge < -0.3 is 9.33 Å². The number of amides is 1. The van der Waals surface area contributed by atoms with Crippen LogP contribution in [0, 0.1) is 0 Å². The Morgan fingerprint density at radius 2 is 1.85 bits per heavy atom. The van der Waals surface area contributed by atoms with Gasteiger partial charge in [-0.1, -0.05) is 6.58 Å². The molecule has 0 aromatic rings. The third kappa shape index (κ3) is 6.39. The van der Waals surface area contributed by atoms with Crippen molar-refractivity contribution in [2.24, 2.45) is 0 Å². The van der Waals surface area contributed by atoms with E-state index in [1.54, 1.807) is 19.0 Å². The maximum absolute atomic E-state index is 11.2. The first kappa shape index (κ1) is 12.2. The highest BCUT2D eigenvalue weighted by atomic mass is 28.4. The molecule has 1 amide bonds. The summed E-state index contributed by atoms with van der Waals surface area (Å²) >= 11 is 0. The molecule has 0 saturated carbocycles. The SMILES string of the molecule is C=C(CC(=O)N(C)C)O[Si](C)(C)C. The van der Waals surface area contributed by atoms with Crippen LogP contribution in [0.25, 0.3) is 0 Å². The molecule has 0 fully saturated rings. The van der Waals surface area contributed by atoms with Crippen LogP contribution in [0.2, 0.25) is 19.6 Å². The van der Waals surface area contributed by atoms with Crippen LogP contribution in [0.1, 0.15) is 6.42 Å². The lowest BCUT2D eigenvalue weighted by Crippen LogP contribution is -2.28. The van der Waals surface area contributed by atoms with Gasteiger partial charge in [-0.25, -0.2) is 0 Å². The summed E-state index contributed by atoms with van der Waals surface area (Å²) < 4.78 is 5.56. The predicted molar refractivity (Wildman–Crippen MR) is 56.9 cm³/mol. The quantitative estimate of drug-likeness (QED) is 0.513. The number of rotatable bonds is 4. The number of hydrogen-bond acceptors (Lipinski definition) is 2. The monoisotopic (exact) mass is 201 g/mol. The number of carbonyl (C=O) groups excluding carboxylic acids is 1. The van der Waals surface area contributed by atoms with Gasteiger partial charge in [-0.05, 0) is 19.6 Å². The Morgan fingerprint density at radius 1 is 1.38 bits per heavy atom. The molecule has 0 spiro atoms. The van der Waals surface area contributed by atoms with Crippen molar-refractivity contribution in [3.8, 4) is 0 Å². The molecule has 0 heterocycles. The fraction of sp³-hybridized carbons (Fsp3) is 0.667. The van der Waals surface area contributed by atoms with Crippen molar-refractivity contribution >= 4 is 14.2 Å². The number of hydrogen-bond donors (Lipinski definition) is 0. The lowest BCUT2D eigenvalue weighted by molar-refractivity contribution is -0.128. The lowest BCUT2D eigenvalue weighted by atomic mass is 10.3. The molecular weight excluding hydrogens is 182 g/mol. The second-order valence-electron chi connectivity index (χ2n) is 4.22. The van der Waals surface area contributed by atoms with Crippen LogP contribution in [0.3, 0.4) is 0 Å². The summed E-state index contributed by atoms with van der Waals surface area (Å²) in [6, 6.07) is 0. The highest BCUT2D eigenvalue weighted by Gasteiger charge is 2.18. The molecule has 0 rings (SSSR count). The Kier molecular flexibility index (Phi) is 4.19. The summed E-state index contributed by atoms with van der Waals surface area (Å²) in [6.45, 7) is 9.93. The van der Waals surface area contributed by atoms with Crippen molar-refractivity contribution in [1.29, 1.82) is 0 Å². The largest absolute Gasteiger partial charge is 0.547 e. The minimum Gasteiger partial charge on any atom is -0.547 e. The van der Waals surface area contributed by atoms with Crippen molar-refractivity contribution in [2.75, 3.05) is 14.1 Å². The Hall–Kier alpha value is -0.773. The van der Waals surface area contributed by atoms with Crippen molar-refractivity contribution < 1.29 is 9.22 Å². The molecule has 0 aromatic heterocycles. The zero-order valence-electron chi connectivity index (χ0n) is 9.18. The van der Waals surface area contributed by atoms with E-state index in [4.69, 9.17) is 4.43 Å². The zero-order valence-corrected chi connectivity index (χ0v) is 10.2. The van der Waals surface area contributed by atoms with Crippen LogP contribution >= 0.6 is 0 Å². The average Bonchev–Trinajstić information content (AvgIpc) is 1.81. The topological polar surface area (TPSA) is 29.5 Å². The number of nitrogens with zero attached hydrogens (tertiary/aromatic N) is 1. The first-order chi connectivity index (χ1) is 5.72. The van der Waals surface area contributed by atoms with Crippen LogP contribution < -0.4 is 0 Å². The van der Waals surface area contributed by atoms with Crippen LogP contribution in [-0.2, 0) is 9.22 Å². The molecule has 0 atom stereocenters. The summed E-state index contributed by atoms with van der Waals surface area (Å²) in [5, 5.41) is 0. The molecule has 76 valence electrons. The maximum Gasteiger partial charge on any atom is 0.241 e. The van der Waals surface area contributed by atoms with Crippen LogP contribution in [0.4, 0.5) is 0 Å². The second kappa shape index (κ2) is 4.46. The summed E-state index contributed by atoms with van der Waals surface area (Å²) in [4.78, 5) is 12.8. The predicted octanol–water partition coefficient (Wildman–Crippen LogP) is 1.83. The fourth-order valence-electron chi connectivity index (χ4n) is 0.796. The average molecular weight is 201 g/mol. The highest BCUT2D eigenvalue weighted by Crippen LogP contribution is 2.12. The van der Waals surface area contributed by atoms with E-state index in [9.17, 15) is 4.79 Å². The number of carbonyl (C=O) groups is 1. The van der Waals surface area contributed by atoms with E-state index in [1.165, 1.54) is 0 Å². The summed E-state index contributed by atoms with van der Waals surface area (Å²) in [5.41, 5.74) is 0. The van der Waals surface area contributed by atoms with E-state index in [2.05, 4.69) is 26.2 Å². The molecule has 0 aliphatic heterocycles. The zero-order chi connectivity index (χ0) is 10.6. The third-order valence-corrected chi connectivity index (χ3v) is 2.20. The molecule has 0 aromatic carbocycles. The van der Waals surface area contributed by atoms with Gasteiger partial charge in [0.15, 0.2) is 0 Å². The molecule has 0 unspecified atom stereocenters. The van der Waals surface area contributed by atoms with Crippen LogP contribution in [0.5, 0.6) is 0 Å². The molecule has 4 heteroatoms. The van der Waals surface area contributed by atoms with Crippen molar-refractivity contribution in [3.63, 3.8) is 0 Å². The van der Waals surface area contributed by atoms with Gasteiger partial charge >= 0.3 is 0 Å². The van der Waals surface area contributed by atoms with Gasteiger partial charge in [0, 0.05) is 14.1 Å². The van der Waals surface area contributed by atoms with Crippen LogP contribution in [0.15, 0.2) is 12.3 Å². The molecule has 0 aliphatic carbocycles. The summed E-state index contributed by atoms with van der Waals surface area (Å²) in [7, 11) is 1.86. The maximum atomic E-state index is 11.2. The van der Waals surface area contributed by atoms with E-state index in [0.29, 0.717) is 5.76 Å². The molecular formula is C9H19NO2Si. The van der Waals surface area contributed by atoms with Gasteiger partial charge in [-0.2, -0.15) is 0 Å². The van der Waals surface area contributed by atoms with Gasteiger partial charge in [-0.3, -0.25) is 4.79 Å². The standard InChI is InChI=1S/C9H19NO2Si/c1-8(12-13(4,5)6)7-9(11)10(2)3/h1,7H2,2-6H3. The van der Waals surface area contributed by atoms with Crippen LogP contribution in [-0.4, -0.2) is 33.2 Å². The van der Waals surface area contributed by atoms with Crippen molar-refractivity contribution in [1.82, 2.24) is 4.90 Å². The molecule has 3 nitrogen and oxygen atoms in total. The third-order valence-electron chi connectivity index (χ3n) is 1.30. The Bertz CT molecular complexity index is 206. The van der Waals surface area contributed by atoms with E-state index < -0.39 is 8.32 Å². The first-order valence-electron chi connectivity index (χ1n) is 4.29.